The number of hydrogen-bond donors (Lipinski definition) is 1. The van der Waals surface area contributed by atoms with E-state index < -0.39 is 0 Å². The van der Waals surface area contributed by atoms with Crippen LogP contribution < -0.4 is 5.32 Å². The Bertz CT molecular complexity index is 855. The lowest BCUT2D eigenvalue weighted by molar-refractivity contribution is 0.381. The van der Waals surface area contributed by atoms with E-state index in [4.69, 9.17) is 10.1 Å². The molecular formula is C21H26N6. The molecule has 1 N–H and O–H groups in total. The molecular weight excluding hydrogens is 336 g/mol. The molecule has 0 atom stereocenters. The van der Waals surface area contributed by atoms with Gasteiger partial charge in [0, 0.05) is 30.9 Å². The van der Waals surface area contributed by atoms with E-state index in [-0.39, 0.29) is 0 Å². The van der Waals surface area contributed by atoms with Crippen LogP contribution in [-0.4, -0.2) is 51.4 Å². The van der Waals surface area contributed by atoms with Crippen LogP contribution in [0.15, 0.2) is 46.9 Å². The zero-order chi connectivity index (χ0) is 18.2. The lowest BCUT2D eigenvalue weighted by Crippen LogP contribution is -2.34. The van der Waals surface area contributed by atoms with Crippen LogP contribution in [-0.2, 0) is 0 Å². The van der Waals surface area contributed by atoms with Crippen molar-refractivity contribution in [3.63, 3.8) is 0 Å². The first kappa shape index (κ1) is 16.5. The molecule has 0 radical (unpaired) electrons. The van der Waals surface area contributed by atoms with Crippen molar-refractivity contribution < 1.29 is 0 Å². The highest BCUT2D eigenvalue weighted by molar-refractivity contribution is 5.95. The van der Waals surface area contributed by atoms with Crippen LogP contribution in [0.5, 0.6) is 0 Å². The van der Waals surface area contributed by atoms with E-state index in [2.05, 4.69) is 45.4 Å². The highest BCUT2D eigenvalue weighted by Crippen LogP contribution is 2.33. The first-order chi connectivity index (χ1) is 13.3. The number of aromatic nitrogens is 2. The van der Waals surface area contributed by atoms with Gasteiger partial charge in [0.2, 0.25) is 5.95 Å². The molecule has 3 aliphatic heterocycles. The Hall–Kier alpha value is -2.63. The number of nitrogens with one attached hydrogen (secondary N) is 1. The molecule has 1 aromatic rings. The summed E-state index contributed by atoms with van der Waals surface area (Å²) in [5.74, 6) is 1.82. The van der Waals surface area contributed by atoms with E-state index in [1.165, 1.54) is 31.3 Å². The van der Waals surface area contributed by atoms with Crippen LogP contribution >= 0.6 is 0 Å². The number of likely N-dealkylation sites (tertiary alicyclic amines) is 1. The molecule has 1 saturated heterocycles. The summed E-state index contributed by atoms with van der Waals surface area (Å²) < 4.78 is 0. The molecule has 0 aromatic carbocycles. The minimum absolute atomic E-state index is 0.546. The monoisotopic (exact) mass is 362 g/mol. The molecule has 27 heavy (non-hydrogen) atoms. The highest BCUT2D eigenvalue weighted by atomic mass is 15.5. The molecule has 1 aromatic heterocycles. The summed E-state index contributed by atoms with van der Waals surface area (Å²) in [4.78, 5) is 11.6. The molecule has 0 unspecified atom stereocenters. The lowest BCUT2D eigenvalue weighted by Gasteiger charge is -2.32. The second-order valence-corrected chi connectivity index (χ2v) is 7.68. The molecule has 4 aliphatic rings. The van der Waals surface area contributed by atoms with Gasteiger partial charge in [0.25, 0.3) is 0 Å². The van der Waals surface area contributed by atoms with Gasteiger partial charge in [-0.15, -0.1) is 0 Å². The van der Waals surface area contributed by atoms with Crippen molar-refractivity contribution in [3.05, 3.63) is 47.5 Å². The third-order valence-corrected chi connectivity index (χ3v) is 5.60. The Kier molecular flexibility index (Phi) is 4.19. The molecule has 0 amide bonds. The number of hydrogen-bond acceptors (Lipinski definition) is 6. The van der Waals surface area contributed by atoms with E-state index >= 15 is 0 Å². The number of nitrogens with zero attached hydrogens (tertiary/aromatic N) is 5. The quantitative estimate of drug-likeness (QED) is 0.890. The minimum atomic E-state index is 0.546. The number of rotatable bonds is 4. The molecule has 5 rings (SSSR count). The highest BCUT2D eigenvalue weighted by Gasteiger charge is 2.26. The Morgan fingerprint density at radius 3 is 2.81 bits per heavy atom. The largest absolute Gasteiger partial charge is 0.355 e. The molecule has 0 bridgehead atoms. The Balaban J connectivity index is 1.50. The molecule has 2 fully saturated rings. The first-order valence-electron chi connectivity index (χ1n) is 10.1. The fraction of sp³-hybridized carbons (Fsp3) is 0.476. The van der Waals surface area contributed by atoms with Gasteiger partial charge in [-0.05, 0) is 62.0 Å². The minimum Gasteiger partial charge on any atom is -0.355 e. The van der Waals surface area contributed by atoms with E-state index in [1.54, 1.807) is 0 Å². The van der Waals surface area contributed by atoms with Gasteiger partial charge >= 0.3 is 0 Å². The topological polar surface area (TPSA) is 56.7 Å². The van der Waals surface area contributed by atoms with Crippen molar-refractivity contribution in [1.29, 1.82) is 0 Å². The fourth-order valence-corrected chi connectivity index (χ4v) is 3.84. The van der Waals surface area contributed by atoms with Crippen molar-refractivity contribution in [1.82, 2.24) is 19.9 Å². The molecule has 1 saturated carbocycles. The lowest BCUT2D eigenvalue weighted by atomic mass is 9.99. The average Bonchev–Trinajstić information content (AvgIpc) is 3.35. The maximum Gasteiger partial charge on any atom is 0.223 e. The van der Waals surface area contributed by atoms with E-state index in [9.17, 15) is 0 Å². The zero-order valence-corrected chi connectivity index (χ0v) is 15.9. The van der Waals surface area contributed by atoms with Crippen LogP contribution in [0.3, 0.4) is 0 Å². The maximum absolute atomic E-state index is 4.97. The molecule has 4 heterocycles. The van der Waals surface area contributed by atoms with Crippen LogP contribution in [0, 0.1) is 0 Å². The predicted molar refractivity (Wildman–Crippen MR) is 108 cm³/mol. The van der Waals surface area contributed by atoms with Gasteiger partial charge < -0.3 is 10.2 Å². The predicted octanol–water partition coefficient (Wildman–Crippen LogP) is 3.39. The third-order valence-electron chi connectivity index (χ3n) is 5.60. The van der Waals surface area contributed by atoms with Gasteiger partial charge in [0.05, 0.1) is 17.9 Å². The summed E-state index contributed by atoms with van der Waals surface area (Å²) in [6.45, 7) is 5.29. The summed E-state index contributed by atoms with van der Waals surface area (Å²) >= 11 is 0. The van der Waals surface area contributed by atoms with Gasteiger partial charge in [0.15, 0.2) is 0 Å². The molecule has 6 heteroatoms. The van der Waals surface area contributed by atoms with Crippen molar-refractivity contribution in [2.24, 2.45) is 5.10 Å². The van der Waals surface area contributed by atoms with Crippen molar-refractivity contribution in [2.75, 3.05) is 25.0 Å². The van der Waals surface area contributed by atoms with Gasteiger partial charge in [-0.25, -0.2) is 9.97 Å². The van der Waals surface area contributed by atoms with Crippen LogP contribution in [0.2, 0.25) is 0 Å². The normalized spacial score (nSPS) is 22.0. The number of fused-ring (bicyclic) bond motifs is 1. The molecule has 140 valence electrons. The maximum atomic E-state index is 4.97. The van der Waals surface area contributed by atoms with Gasteiger partial charge in [0.1, 0.15) is 5.84 Å². The summed E-state index contributed by atoms with van der Waals surface area (Å²) in [5.41, 5.74) is 4.61. The number of anilines is 1. The Morgan fingerprint density at radius 1 is 1.19 bits per heavy atom. The average molecular weight is 362 g/mol. The zero-order valence-electron chi connectivity index (χ0n) is 15.9. The SMILES string of the molecule is CCC1=CC(c2ccnc(NC3CC3)n2)=C2C=CC(N3CCCC3)=NN2C1. The molecule has 1 aliphatic carbocycles. The second kappa shape index (κ2) is 6.83. The van der Waals surface area contributed by atoms with Crippen molar-refractivity contribution >= 4 is 17.4 Å². The van der Waals surface area contributed by atoms with E-state index in [0.717, 1.165) is 54.8 Å². The summed E-state index contributed by atoms with van der Waals surface area (Å²) in [6, 6.07) is 2.55. The van der Waals surface area contributed by atoms with Crippen molar-refractivity contribution in [3.8, 4) is 0 Å². The standard InChI is InChI=1S/C21H26N6/c1-2-15-13-17(18-9-10-22-21(24-18)23-16-5-6-16)19-7-8-20(25-27(19)14-15)26-11-3-4-12-26/h7-10,13,16H,2-6,11-12,14H2,1H3,(H,22,23,24). The summed E-state index contributed by atoms with van der Waals surface area (Å²) in [6.07, 6.45) is 14.5. The first-order valence-corrected chi connectivity index (χ1v) is 10.1. The Morgan fingerprint density at radius 2 is 2.04 bits per heavy atom. The second-order valence-electron chi connectivity index (χ2n) is 7.68. The number of amidine groups is 1. The third kappa shape index (κ3) is 3.36. The van der Waals surface area contributed by atoms with Gasteiger partial charge in [-0.1, -0.05) is 6.92 Å². The number of allylic oxidation sites excluding steroid dienone is 3. The van der Waals surface area contributed by atoms with Gasteiger partial charge in [-0.2, -0.15) is 5.10 Å². The van der Waals surface area contributed by atoms with Crippen LogP contribution in [0.25, 0.3) is 5.57 Å². The number of hydrazone groups is 1. The molecule has 6 nitrogen and oxygen atoms in total. The van der Waals surface area contributed by atoms with Crippen LogP contribution in [0.1, 0.15) is 44.7 Å². The fourth-order valence-electron chi connectivity index (χ4n) is 3.84. The van der Waals surface area contributed by atoms with E-state index in [0.29, 0.717) is 6.04 Å². The van der Waals surface area contributed by atoms with Crippen molar-refractivity contribution in [2.45, 2.75) is 45.1 Å². The Labute approximate surface area is 160 Å². The van der Waals surface area contributed by atoms with E-state index in [1.807, 2.05) is 12.3 Å². The van der Waals surface area contributed by atoms with Gasteiger partial charge in [-0.3, -0.25) is 5.01 Å². The summed E-state index contributed by atoms with van der Waals surface area (Å²) in [7, 11) is 0. The molecule has 0 spiro atoms. The van der Waals surface area contributed by atoms with Crippen LogP contribution in [0.4, 0.5) is 5.95 Å². The summed E-state index contributed by atoms with van der Waals surface area (Å²) in [5, 5.41) is 10.5. The smallest absolute Gasteiger partial charge is 0.223 e.